The molecule has 0 bridgehead atoms. The molecule has 0 amide bonds. The molecule has 0 radical (unpaired) electrons. The van der Waals surface area contributed by atoms with Gasteiger partial charge in [-0.2, -0.15) is 0 Å². The van der Waals surface area contributed by atoms with E-state index in [9.17, 15) is 4.39 Å². The minimum absolute atomic E-state index is 0.00309. The van der Waals surface area contributed by atoms with E-state index in [1.807, 2.05) is 0 Å². The van der Waals surface area contributed by atoms with Crippen LogP contribution in [0.3, 0.4) is 0 Å². The summed E-state index contributed by atoms with van der Waals surface area (Å²) < 4.78 is 13.1. The second-order valence-corrected chi connectivity index (χ2v) is 3.54. The van der Waals surface area contributed by atoms with Crippen molar-refractivity contribution in [2.24, 2.45) is 0 Å². The maximum absolute atomic E-state index is 13.1. The zero-order chi connectivity index (χ0) is 10.3. The molecule has 1 aromatic heterocycles. The summed E-state index contributed by atoms with van der Waals surface area (Å²) in [5.41, 5.74) is 5.52. The maximum Gasteiger partial charge on any atom is 0.146 e. The molecule has 0 aliphatic rings. The molecule has 1 aromatic carbocycles. The number of anilines is 1. The highest BCUT2D eigenvalue weighted by Gasteiger charge is 2.09. The summed E-state index contributed by atoms with van der Waals surface area (Å²) in [6.45, 7) is 0. The van der Waals surface area contributed by atoms with Gasteiger partial charge in [0.2, 0.25) is 0 Å². The fraction of sp³-hybridized carbons (Fsp3) is 0. The summed E-state index contributed by atoms with van der Waals surface area (Å²) in [5, 5.41) is 1.45. The van der Waals surface area contributed by atoms with Crippen LogP contribution in [-0.4, -0.2) is 4.98 Å². The molecule has 0 aliphatic heterocycles. The molecule has 0 aliphatic carbocycles. The molecule has 1 heterocycles. The molecule has 2 N–H and O–H groups in total. The number of rotatable bonds is 0. The number of nitrogens with zero attached hydrogens (tertiary/aromatic N) is 1. The van der Waals surface area contributed by atoms with Crippen molar-refractivity contribution in [3.63, 3.8) is 0 Å². The van der Waals surface area contributed by atoms with Crippen LogP contribution < -0.4 is 5.73 Å². The smallest absolute Gasteiger partial charge is 0.146 e. The minimum atomic E-state index is -0.511. The van der Waals surface area contributed by atoms with Crippen LogP contribution in [0.4, 0.5) is 10.1 Å². The molecule has 14 heavy (non-hydrogen) atoms. The normalized spacial score (nSPS) is 10.8. The average molecular weight is 231 g/mol. The molecule has 2 nitrogen and oxygen atoms in total. The Morgan fingerprint density at radius 3 is 2.71 bits per heavy atom. The minimum Gasteiger partial charge on any atom is -0.396 e. The molecule has 2 rings (SSSR count). The van der Waals surface area contributed by atoms with Gasteiger partial charge in [-0.05, 0) is 17.5 Å². The Labute approximate surface area is 89.4 Å². The van der Waals surface area contributed by atoms with E-state index in [4.69, 9.17) is 28.9 Å². The van der Waals surface area contributed by atoms with E-state index in [1.54, 1.807) is 12.1 Å². The van der Waals surface area contributed by atoms with Gasteiger partial charge in [-0.15, -0.1) is 0 Å². The number of hydrogen-bond acceptors (Lipinski definition) is 2. The molecule has 0 spiro atoms. The van der Waals surface area contributed by atoms with Crippen molar-refractivity contribution in [1.29, 1.82) is 0 Å². The lowest BCUT2D eigenvalue weighted by Gasteiger charge is -2.04. The summed E-state index contributed by atoms with van der Waals surface area (Å²) in [5.74, 6) is -0.511. The topological polar surface area (TPSA) is 38.9 Å². The highest BCUT2D eigenvalue weighted by Crippen LogP contribution is 2.30. The van der Waals surface area contributed by atoms with E-state index in [2.05, 4.69) is 4.98 Å². The van der Waals surface area contributed by atoms with Gasteiger partial charge in [0.05, 0.1) is 5.69 Å². The largest absolute Gasteiger partial charge is 0.396 e. The number of nitrogens with two attached hydrogens (primary N) is 1. The number of pyridine rings is 1. The third-order valence-electron chi connectivity index (χ3n) is 1.91. The lowest BCUT2D eigenvalue weighted by molar-refractivity contribution is 0.634. The fourth-order valence-electron chi connectivity index (χ4n) is 1.27. The predicted octanol–water partition coefficient (Wildman–Crippen LogP) is 3.26. The van der Waals surface area contributed by atoms with E-state index in [-0.39, 0.29) is 16.0 Å². The van der Waals surface area contributed by atoms with Crippen molar-refractivity contribution >= 4 is 39.7 Å². The van der Waals surface area contributed by atoms with Crippen LogP contribution in [0.1, 0.15) is 0 Å². The fourth-order valence-corrected chi connectivity index (χ4v) is 1.82. The van der Waals surface area contributed by atoms with Crippen molar-refractivity contribution in [2.45, 2.75) is 0 Å². The molecule has 0 fully saturated rings. The summed E-state index contributed by atoms with van der Waals surface area (Å²) >= 11 is 11.5. The highest BCUT2D eigenvalue weighted by atomic mass is 35.5. The molecule has 0 saturated carbocycles. The number of aromatic nitrogens is 1. The maximum atomic E-state index is 13.1. The molecule has 0 saturated heterocycles. The number of nitrogen functional groups attached to an aromatic ring is 1. The summed E-state index contributed by atoms with van der Waals surface area (Å²) in [7, 11) is 0. The summed E-state index contributed by atoms with van der Waals surface area (Å²) in [4.78, 5) is 3.79. The first-order chi connectivity index (χ1) is 6.59. The monoisotopic (exact) mass is 230 g/mol. The molecular formula is C9H5Cl2FN2. The van der Waals surface area contributed by atoms with Gasteiger partial charge >= 0.3 is 0 Å². The van der Waals surface area contributed by atoms with Gasteiger partial charge in [-0.1, -0.05) is 29.3 Å². The SMILES string of the molecule is Nc1c(F)ccc2cc(Cl)nc(Cl)c12. The lowest BCUT2D eigenvalue weighted by atomic mass is 10.1. The zero-order valence-electron chi connectivity index (χ0n) is 6.89. The number of benzene rings is 1. The van der Waals surface area contributed by atoms with Crippen LogP contribution in [0, 0.1) is 5.82 Å². The van der Waals surface area contributed by atoms with E-state index < -0.39 is 5.82 Å². The van der Waals surface area contributed by atoms with Gasteiger partial charge < -0.3 is 5.73 Å². The van der Waals surface area contributed by atoms with Crippen LogP contribution >= 0.6 is 23.2 Å². The molecule has 5 heteroatoms. The van der Waals surface area contributed by atoms with Crippen LogP contribution in [-0.2, 0) is 0 Å². The van der Waals surface area contributed by atoms with E-state index in [0.29, 0.717) is 10.8 Å². The third kappa shape index (κ3) is 1.38. The Morgan fingerprint density at radius 2 is 2.00 bits per heavy atom. The van der Waals surface area contributed by atoms with Gasteiger partial charge in [-0.3, -0.25) is 0 Å². The van der Waals surface area contributed by atoms with Crippen molar-refractivity contribution in [3.05, 3.63) is 34.3 Å². The second kappa shape index (κ2) is 3.26. The first-order valence-electron chi connectivity index (χ1n) is 3.79. The number of halogens is 3. The van der Waals surface area contributed by atoms with Crippen LogP contribution in [0.15, 0.2) is 18.2 Å². The predicted molar refractivity (Wildman–Crippen MR) is 56.1 cm³/mol. The molecule has 2 aromatic rings. The molecule has 72 valence electrons. The zero-order valence-corrected chi connectivity index (χ0v) is 8.40. The van der Waals surface area contributed by atoms with Crippen molar-refractivity contribution in [1.82, 2.24) is 4.98 Å². The van der Waals surface area contributed by atoms with E-state index in [1.165, 1.54) is 6.07 Å². The number of hydrogen-bond donors (Lipinski definition) is 1. The first kappa shape index (κ1) is 9.49. The molecule has 0 unspecified atom stereocenters. The Morgan fingerprint density at radius 1 is 1.29 bits per heavy atom. The van der Waals surface area contributed by atoms with Crippen LogP contribution in [0.25, 0.3) is 10.8 Å². The van der Waals surface area contributed by atoms with Gasteiger partial charge in [0, 0.05) is 5.39 Å². The molecule has 0 atom stereocenters. The van der Waals surface area contributed by atoms with Crippen molar-refractivity contribution < 1.29 is 4.39 Å². The standard InChI is InChI=1S/C9H5Cl2FN2/c10-6-3-4-1-2-5(12)8(13)7(4)9(11)14-6/h1-3H,13H2. The quantitative estimate of drug-likeness (QED) is 0.558. The van der Waals surface area contributed by atoms with Crippen LogP contribution in [0.2, 0.25) is 10.3 Å². The van der Waals surface area contributed by atoms with E-state index in [0.717, 1.165) is 0 Å². The summed E-state index contributed by atoms with van der Waals surface area (Å²) in [6.07, 6.45) is 0. The average Bonchev–Trinajstić information content (AvgIpc) is 2.10. The molecular weight excluding hydrogens is 226 g/mol. The second-order valence-electron chi connectivity index (χ2n) is 2.79. The Hall–Kier alpha value is -1.06. The Balaban J connectivity index is 2.95. The van der Waals surface area contributed by atoms with Gasteiger partial charge in [-0.25, -0.2) is 9.37 Å². The highest BCUT2D eigenvalue weighted by molar-refractivity contribution is 6.37. The summed E-state index contributed by atoms with van der Waals surface area (Å²) in [6, 6.07) is 4.41. The van der Waals surface area contributed by atoms with Crippen molar-refractivity contribution in [3.8, 4) is 0 Å². The first-order valence-corrected chi connectivity index (χ1v) is 4.55. The lowest BCUT2D eigenvalue weighted by Crippen LogP contribution is -1.93. The van der Waals surface area contributed by atoms with Gasteiger partial charge in [0.15, 0.2) is 0 Å². The van der Waals surface area contributed by atoms with Crippen LogP contribution in [0.5, 0.6) is 0 Å². The Kier molecular flexibility index (Phi) is 2.21. The number of fused-ring (bicyclic) bond motifs is 1. The third-order valence-corrected chi connectivity index (χ3v) is 2.38. The van der Waals surface area contributed by atoms with Crippen molar-refractivity contribution in [2.75, 3.05) is 5.73 Å². The Bertz CT molecular complexity index is 514. The van der Waals surface area contributed by atoms with Gasteiger partial charge in [0.25, 0.3) is 0 Å². The van der Waals surface area contributed by atoms with Gasteiger partial charge in [0.1, 0.15) is 16.1 Å². The van der Waals surface area contributed by atoms with E-state index >= 15 is 0 Å².